The topological polar surface area (TPSA) is 142 Å². The molecule has 4 aliphatic carbocycles. The van der Waals surface area contributed by atoms with Crippen molar-refractivity contribution in [2.45, 2.75) is 110 Å². The minimum atomic E-state index is -0.687. The van der Waals surface area contributed by atoms with Gasteiger partial charge in [0.2, 0.25) is 11.8 Å². The molecule has 0 bridgehead atoms. The van der Waals surface area contributed by atoms with Crippen molar-refractivity contribution in [2.24, 2.45) is 57.8 Å². The van der Waals surface area contributed by atoms with Crippen molar-refractivity contribution < 1.29 is 29.0 Å². The van der Waals surface area contributed by atoms with Gasteiger partial charge in [0, 0.05) is 31.7 Å². The van der Waals surface area contributed by atoms with E-state index in [9.17, 15) is 19.5 Å². The van der Waals surface area contributed by atoms with E-state index in [1.807, 2.05) is 12.1 Å². The maximum atomic E-state index is 12.3. The number of hydrogen-bond donors (Lipinski definition) is 3. The third kappa shape index (κ3) is 6.66. The Labute approximate surface area is 263 Å². The number of carbonyl (C=O) groups excluding carboxylic acids is 3. The lowest BCUT2D eigenvalue weighted by Crippen LogP contribution is -2.54. The fourth-order valence-corrected chi connectivity index (χ4v) is 10.3. The number of aliphatic hydroxyl groups excluding tert-OH is 1. The Hall–Kier alpha value is -2.61. The fraction of sp³-hybridized carbons (Fsp3) is 0.750. The molecule has 1 aromatic rings. The molecule has 4 unspecified atom stereocenters. The molecule has 1 aromatic carbocycles. The SMILES string of the molecule is CC(C(O)c1cc(OCCCC(N)=O)cc(OCCCC(N)=O)c1)C1CC[C@H]2[C@@H]3CCC4CC(=O)CC[C@]4(C)[C@@H]3CC[C@]12C. The predicted molar refractivity (Wildman–Crippen MR) is 169 cm³/mol. The van der Waals surface area contributed by atoms with Crippen LogP contribution in [-0.2, 0) is 14.4 Å². The standard InChI is InChI=1S/C36H54N2O6/c1-22(34(42)23-18-26(43-16-4-6-32(37)40)21-27(19-23)44-17-5-7-33(38)41)29-10-11-30-28-9-8-24-20-25(39)12-14-35(24,2)31(28)13-15-36(29,30)3/h18-19,21-22,24,28-31,34,42H,4-17,20H2,1-3H3,(H2,37,40)(H2,38,41)/t22?,24?,28-,29?,30-,31+,34?,35-,36+/m0/s1. The van der Waals surface area contributed by atoms with E-state index in [1.54, 1.807) is 6.07 Å². The summed E-state index contributed by atoms with van der Waals surface area (Å²) in [6, 6.07) is 5.57. The van der Waals surface area contributed by atoms with Crippen LogP contribution in [0.3, 0.4) is 0 Å². The van der Waals surface area contributed by atoms with E-state index in [4.69, 9.17) is 20.9 Å². The van der Waals surface area contributed by atoms with Crippen LogP contribution in [0.15, 0.2) is 18.2 Å². The van der Waals surface area contributed by atoms with Crippen molar-refractivity contribution in [3.05, 3.63) is 23.8 Å². The normalized spacial score (nSPS) is 34.3. The number of carbonyl (C=O) groups is 3. The van der Waals surface area contributed by atoms with Crippen LogP contribution in [0.25, 0.3) is 0 Å². The highest BCUT2D eigenvalue weighted by Gasteiger charge is 2.61. The molecule has 5 rings (SSSR count). The van der Waals surface area contributed by atoms with Gasteiger partial charge in [-0.05, 0) is 122 Å². The Morgan fingerprint density at radius 2 is 1.50 bits per heavy atom. The second-order valence-electron chi connectivity index (χ2n) is 15.0. The van der Waals surface area contributed by atoms with E-state index in [0.717, 1.165) is 37.2 Å². The summed E-state index contributed by atoms with van der Waals surface area (Å²) in [6.07, 6.45) is 10.6. The highest BCUT2D eigenvalue weighted by atomic mass is 16.5. The molecule has 0 aromatic heterocycles. The van der Waals surface area contributed by atoms with E-state index in [2.05, 4.69) is 20.8 Å². The molecule has 0 radical (unpaired) electrons. The molecule has 0 heterocycles. The van der Waals surface area contributed by atoms with Crippen molar-refractivity contribution in [1.82, 2.24) is 0 Å². The quantitative estimate of drug-likeness (QED) is 0.238. The number of primary amides is 2. The maximum Gasteiger partial charge on any atom is 0.217 e. The van der Waals surface area contributed by atoms with Gasteiger partial charge < -0.3 is 26.0 Å². The highest BCUT2D eigenvalue weighted by Crippen LogP contribution is 2.68. The molecule has 8 heteroatoms. The van der Waals surface area contributed by atoms with E-state index >= 15 is 0 Å². The summed E-state index contributed by atoms with van der Waals surface area (Å²) in [4.78, 5) is 34.6. The molecule has 9 atom stereocenters. The van der Waals surface area contributed by atoms with Gasteiger partial charge in [0.1, 0.15) is 17.3 Å². The molecule has 44 heavy (non-hydrogen) atoms. The zero-order chi connectivity index (χ0) is 31.6. The van der Waals surface area contributed by atoms with Gasteiger partial charge in [-0.2, -0.15) is 0 Å². The van der Waals surface area contributed by atoms with Gasteiger partial charge in [-0.1, -0.05) is 20.8 Å². The highest BCUT2D eigenvalue weighted by molar-refractivity contribution is 5.79. The van der Waals surface area contributed by atoms with Crippen molar-refractivity contribution in [1.29, 1.82) is 0 Å². The number of benzene rings is 1. The number of aliphatic hydroxyl groups is 1. The smallest absolute Gasteiger partial charge is 0.217 e. The number of hydrogen-bond acceptors (Lipinski definition) is 6. The predicted octanol–water partition coefficient (Wildman–Crippen LogP) is 5.87. The number of ether oxygens (including phenoxy) is 2. The van der Waals surface area contributed by atoms with Gasteiger partial charge in [0.05, 0.1) is 19.3 Å². The molecule has 2 amide bonds. The first kappa shape index (κ1) is 32.8. The molecular weight excluding hydrogens is 556 g/mol. The van der Waals surface area contributed by atoms with Gasteiger partial charge in [-0.25, -0.2) is 0 Å². The summed E-state index contributed by atoms with van der Waals surface area (Å²) in [5.74, 6) is 4.01. The van der Waals surface area contributed by atoms with Crippen LogP contribution >= 0.6 is 0 Å². The average Bonchev–Trinajstić information content (AvgIpc) is 3.34. The van der Waals surface area contributed by atoms with E-state index in [-0.39, 0.29) is 36.0 Å². The summed E-state index contributed by atoms with van der Waals surface area (Å²) in [6.45, 7) is 7.86. The zero-order valence-corrected chi connectivity index (χ0v) is 27.0. The Balaban J connectivity index is 1.30. The fourth-order valence-electron chi connectivity index (χ4n) is 10.3. The van der Waals surface area contributed by atoms with E-state index < -0.39 is 6.10 Å². The number of fused-ring (bicyclic) bond motifs is 5. The Bertz CT molecular complexity index is 1180. The molecule has 0 spiro atoms. The van der Waals surface area contributed by atoms with Crippen LogP contribution in [0.1, 0.15) is 116 Å². The van der Waals surface area contributed by atoms with Crippen LogP contribution < -0.4 is 20.9 Å². The first-order chi connectivity index (χ1) is 20.9. The maximum absolute atomic E-state index is 12.3. The van der Waals surface area contributed by atoms with Gasteiger partial charge in [-0.3, -0.25) is 14.4 Å². The molecule has 4 aliphatic rings. The van der Waals surface area contributed by atoms with Crippen molar-refractivity contribution >= 4 is 17.6 Å². The molecule has 244 valence electrons. The van der Waals surface area contributed by atoms with Gasteiger partial charge in [-0.15, -0.1) is 0 Å². The van der Waals surface area contributed by atoms with Gasteiger partial charge in [0.15, 0.2) is 0 Å². The number of amides is 2. The first-order valence-electron chi connectivity index (χ1n) is 17.1. The van der Waals surface area contributed by atoms with Crippen LogP contribution in [-0.4, -0.2) is 35.9 Å². The summed E-state index contributed by atoms with van der Waals surface area (Å²) in [7, 11) is 0. The average molecular weight is 611 g/mol. The summed E-state index contributed by atoms with van der Waals surface area (Å²) >= 11 is 0. The Morgan fingerprint density at radius 3 is 2.11 bits per heavy atom. The minimum Gasteiger partial charge on any atom is -0.493 e. The lowest BCUT2D eigenvalue weighted by Gasteiger charge is -2.60. The van der Waals surface area contributed by atoms with Crippen molar-refractivity contribution in [3.63, 3.8) is 0 Å². The first-order valence-corrected chi connectivity index (χ1v) is 17.1. The minimum absolute atomic E-state index is 0.0496. The molecule has 5 N–H and O–H groups in total. The van der Waals surface area contributed by atoms with Crippen molar-refractivity contribution in [3.8, 4) is 11.5 Å². The van der Waals surface area contributed by atoms with Gasteiger partial charge >= 0.3 is 0 Å². The Kier molecular flexibility index (Phi) is 9.98. The molecule has 0 aliphatic heterocycles. The lowest BCUT2D eigenvalue weighted by molar-refractivity contribution is -0.141. The van der Waals surface area contributed by atoms with Crippen LogP contribution in [0.5, 0.6) is 11.5 Å². The second kappa shape index (κ2) is 13.4. The van der Waals surface area contributed by atoms with Crippen molar-refractivity contribution in [2.75, 3.05) is 13.2 Å². The third-order valence-corrected chi connectivity index (χ3v) is 12.6. The molecule has 4 saturated carbocycles. The summed E-state index contributed by atoms with van der Waals surface area (Å²) < 4.78 is 11.9. The molecule has 8 nitrogen and oxygen atoms in total. The molecular formula is C36H54N2O6. The second-order valence-corrected chi connectivity index (χ2v) is 15.0. The van der Waals surface area contributed by atoms with Crippen LogP contribution in [0, 0.1) is 46.3 Å². The summed E-state index contributed by atoms with van der Waals surface area (Å²) in [5.41, 5.74) is 11.8. The molecule has 4 fully saturated rings. The monoisotopic (exact) mass is 610 g/mol. The lowest BCUT2D eigenvalue weighted by atomic mass is 9.44. The summed E-state index contributed by atoms with van der Waals surface area (Å²) in [5, 5.41) is 11.9. The number of Topliss-reactive ketones (excluding diaryl/α,β-unsaturated/α-hetero) is 1. The number of nitrogens with two attached hydrogens (primary N) is 2. The Morgan fingerprint density at radius 1 is 0.886 bits per heavy atom. The number of rotatable bonds is 13. The molecule has 0 saturated heterocycles. The third-order valence-electron chi connectivity index (χ3n) is 12.6. The zero-order valence-electron chi connectivity index (χ0n) is 27.0. The largest absolute Gasteiger partial charge is 0.493 e. The van der Waals surface area contributed by atoms with Crippen LogP contribution in [0.4, 0.5) is 0 Å². The van der Waals surface area contributed by atoms with Crippen LogP contribution in [0.2, 0.25) is 0 Å². The van der Waals surface area contributed by atoms with Gasteiger partial charge in [0.25, 0.3) is 0 Å². The van der Waals surface area contributed by atoms with E-state index in [1.165, 1.54) is 32.1 Å². The number of ketones is 1. The van der Waals surface area contributed by atoms with E-state index in [0.29, 0.717) is 72.4 Å².